The number of methoxy groups -OCH3 is 1. The highest BCUT2D eigenvalue weighted by Crippen LogP contribution is 2.27. The summed E-state index contributed by atoms with van der Waals surface area (Å²) in [4.78, 5) is 52.9. The Morgan fingerprint density at radius 3 is 2.06 bits per heavy atom. The van der Waals surface area contributed by atoms with Crippen LogP contribution in [0, 0.1) is 10.1 Å². The zero-order valence-corrected chi connectivity index (χ0v) is 19.8. The van der Waals surface area contributed by atoms with Crippen LogP contribution in [-0.4, -0.2) is 57.3 Å². The third kappa shape index (κ3) is 6.67. The number of imide groups is 1. The summed E-state index contributed by atoms with van der Waals surface area (Å²) < 4.78 is 15.6. The minimum Gasteiger partial charge on any atom is -0.467 e. The summed E-state index contributed by atoms with van der Waals surface area (Å²) in [5, 5.41) is 11.7. The largest absolute Gasteiger partial charge is 0.467 e. The molecule has 2 amide bonds. The molecule has 33 heavy (non-hydrogen) atoms. The van der Waals surface area contributed by atoms with Gasteiger partial charge in [0.15, 0.2) is 0 Å². The number of hydrogen-bond donors (Lipinski definition) is 1. The average Bonchev–Trinajstić information content (AvgIpc) is 3.06. The van der Waals surface area contributed by atoms with Crippen molar-refractivity contribution in [3.8, 4) is 0 Å². The van der Waals surface area contributed by atoms with Crippen molar-refractivity contribution in [3.05, 3.63) is 40.1 Å². The number of carbonyl (C=O) groups is 3. The van der Waals surface area contributed by atoms with Crippen LogP contribution in [0.25, 0.3) is 10.9 Å². The molecule has 2 aromatic rings. The fraction of sp³-hybridized carbons (Fsp3) is 0.500. The number of ether oxygens (including phenoxy) is 3. The Bertz CT molecular complexity index is 1030. The molecule has 0 spiro atoms. The van der Waals surface area contributed by atoms with Gasteiger partial charge in [-0.2, -0.15) is 4.90 Å². The number of nitrogens with one attached hydrogen (secondary N) is 1. The maximum atomic E-state index is 13.0. The fourth-order valence-corrected chi connectivity index (χ4v) is 3.02. The number of amides is 2. The standard InChI is InChI=1S/C22H29N3O8/c1-21(2,3)32-19(27)24(20(28)33-22(4,5)6)17(18(26)31-7)10-13-12-23-16-9-8-14(25(29)30)11-15(13)16/h8-9,11-12,17,23H,10H2,1-7H3/t17-/m0/s1. The molecular weight excluding hydrogens is 434 g/mol. The van der Waals surface area contributed by atoms with Crippen molar-refractivity contribution in [3.63, 3.8) is 0 Å². The lowest BCUT2D eigenvalue weighted by molar-refractivity contribution is -0.384. The molecule has 0 radical (unpaired) electrons. The van der Waals surface area contributed by atoms with E-state index in [9.17, 15) is 24.5 Å². The van der Waals surface area contributed by atoms with Gasteiger partial charge in [-0.05, 0) is 53.2 Å². The number of benzene rings is 1. The molecule has 1 heterocycles. The second-order valence-corrected chi connectivity index (χ2v) is 9.37. The minimum absolute atomic E-state index is 0.144. The number of carbonyl (C=O) groups excluding carboxylic acids is 3. The number of nitrogens with zero attached hydrogens (tertiary/aromatic N) is 2. The van der Waals surface area contributed by atoms with Gasteiger partial charge in [-0.15, -0.1) is 0 Å². The van der Waals surface area contributed by atoms with Crippen molar-refractivity contribution in [1.29, 1.82) is 0 Å². The molecule has 1 atom stereocenters. The maximum Gasteiger partial charge on any atom is 0.420 e. The SMILES string of the molecule is COC(=O)[C@H](Cc1c[nH]c2ccc([N+](=O)[O-])cc12)N(C(=O)OC(C)(C)C)C(=O)OC(C)(C)C. The number of hydrogen-bond acceptors (Lipinski definition) is 8. The lowest BCUT2D eigenvalue weighted by Gasteiger charge is -2.32. The molecule has 0 aliphatic rings. The van der Waals surface area contributed by atoms with Crippen molar-refractivity contribution in [2.24, 2.45) is 0 Å². The first-order chi connectivity index (χ1) is 15.1. The van der Waals surface area contributed by atoms with Crippen molar-refractivity contribution in [2.45, 2.75) is 65.2 Å². The Kier molecular flexibility index (Phi) is 7.36. The van der Waals surface area contributed by atoms with Crippen LogP contribution in [-0.2, 0) is 25.4 Å². The van der Waals surface area contributed by atoms with Crippen LogP contribution >= 0.6 is 0 Å². The summed E-state index contributed by atoms with van der Waals surface area (Å²) in [6.45, 7) is 9.69. The number of nitro benzene ring substituents is 1. The summed E-state index contributed by atoms with van der Waals surface area (Å²) in [5.41, 5.74) is -1.02. The van der Waals surface area contributed by atoms with E-state index in [1.165, 1.54) is 18.2 Å². The van der Waals surface area contributed by atoms with Gasteiger partial charge >= 0.3 is 18.2 Å². The molecule has 0 aliphatic carbocycles. The van der Waals surface area contributed by atoms with E-state index < -0.39 is 40.3 Å². The van der Waals surface area contributed by atoms with Gasteiger partial charge < -0.3 is 19.2 Å². The highest BCUT2D eigenvalue weighted by atomic mass is 16.6. The van der Waals surface area contributed by atoms with E-state index in [-0.39, 0.29) is 12.1 Å². The Labute approximate surface area is 191 Å². The molecule has 2 rings (SSSR count). The van der Waals surface area contributed by atoms with Crippen LogP contribution in [0.15, 0.2) is 24.4 Å². The van der Waals surface area contributed by atoms with E-state index >= 15 is 0 Å². The van der Waals surface area contributed by atoms with Crippen LogP contribution in [0.4, 0.5) is 15.3 Å². The topological polar surface area (TPSA) is 141 Å². The third-order valence-electron chi connectivity index (χ3n) is 4.34. The van der Waals surface area contributed by atoms with Crippen molar-refractivity contribution in [1.82, 2.24) is 9.88 Å². The van der Waals surface area contributed by atoms with Gasteiger partial charge in [0, 0.05) is 35.7 Å². The molecule has 0 saturated carbocycles. The summed E-state index contributed by atoms with van der Waals surface area (Å²) in [5.74, 6) is -0.883. The Morgan fingerprint density at radius 1 is 1.06 bits per heavy atom. The highest BCUT2D eigenvalue weighted by molar-refractivity contribution is 5.95. The minimum atomic E-state index is -1.45. The third-order valence-corrected chi connectivity index (χ3v) is 4.34. The number of rotatable bonds is 5. The molecule has 0 saturated heterocycles. The first kappa shape index (κ1) is 25.6. The summed E-state index contributed by atoms with van der Waals surface area (Å²) in [6, 6.07) is 2.77. The number of H-pyrrole nitrogens is 1. The first-order valence-electron chi connectivity index (χ1n) is 10.2. The van der Waals surface area contributed by atoms with Crippen LogP contribution in [0.1, 0.15) is 47.1 Å². The molecule has 0 bridgehead atoms. The molecule has 180 valence electrons. The quantitative estimate of drug-likeness (QED) is 0.299. The Hall–Kier alpha value is -3.63. The highest BCUT2D eigenvalue weighted by Gasteiger charge is 2.41. The molecular formula is C22H29N3O8. The molecule has 0 aliphatic heterocycles. The first-order valence-corrected chi connectivity index (χ1v) is 10.2. The van der Waals surface area contributed by atoms with Gasteiger partial charge in [-0.1, -0.05) is 0 Å². The van der Waals surface area contributed by atoms with Gasteiger partial charge in [0.1, 0.15) is 17.2 Å². The normalized spacial score (nSPS) is 12.7. The molecule has 1 N–H and O–H groups in total. The number of esters is 1. The van der Waals surface area contributed by atoms with Crippen LogP contribution in [0.3, 0.4) is 0 Å². The number of nitro groups is 1. The Morgan fingerprint density at radius 2 is 1.61 bits per heavy atom. The molecule has 0 unspecified atom stereocenters. The fourth-order valence-electron chi connectivity index (χ4n) is 3.02. The van der Waals surface area contributed by atoms with E-state index in [1.807, 2.05) is 0 Å². The van der Waals surface area contributed by atoms with Gasteiger partial charge in [-0.3, -0.25) is 10.1 Å². The zero-order chi connectivity index (χ0) is 25.1. The molecule has 0 fully saturated rings. The Balaban J connectivity index is 2.55. The maximum absolute atomic E-state index is 13.0. The van der Waals surface area contributed by atoms with Gasteiger partial charge in [-0.25, -0.2) is 14.4 Å². The second kappa shape index (κ2) is 9.47. The van der Waals surface area contributed by atoms with E-state index in [0.717, 1.165) is 7.11 Å². The van der Waals surface area contributed by atoms with E-state index in [2.05, 4.69) is 4.98 Å². The number of fused-ring (bicyclic) bond motifs is 1. The van der Waals surface area contributed by atoms with Crippen molar-refractivity contribution in [2.75, 3.05) is 7.11 Å². The lowest BCUT2D eigenvalue weighted by atomic mass is 10.0. The van der Waals surface area contributed by atoms with E-state index in [1.54, 1.807) is 47.7 Å². The summed E-state index contributed by atoms with van der Waals surface area (Å²) in [7, 11) is 1.12. The van der Waals surface area contributed by atoms with E-state index in [0.29, 0.717) is 21.4 Å². The monoisotopic (exact) mass is 463 g/mol. The molecule has 1 aromatic carbocycles. The van der Waals surface area contributed by atoms with Gasteiger partial charge in [0.25, 0.3) is 5.69 Å². The van der Waals surface area contributed by atoms with Crippen LogP contribution < -0.4 is 0 Å². The molecule has 11 heteroatoms. The molecule has 11 nitrogen and oxygen atoms in total. The number of aromatic amines is 1. The number of non-ortho nitro benzene ring substituents is 1. The van der Waals surface area contributed by atoms with Crippen molar-refractivity contribution >= 4 is 34.7 Å². The zero-order valence-electron chi connectivity index (χ0n) is 19.8. The predicted octanol–water partition coefficient (Wildman–Crippen LogP) is 4.33. The van der Waals surface area contributed by atoms with Crippen molar-refractivity contribution < 1.29 is 33.5 Å². The van der Waals surface area contributed by atoms with E-state index in [4.69, 9.17) is 14.2 Å². The average molecular weight is 463 g/mol. The number of aromatic nitrogens is 1. The molecule has 1 aromatic heterocycles. The second-order valence-electron chi connectivity index (χ2n) is 9.37. The predicted molar refractivity (Wildman–Crippen MR) is 119 cm³/mol. The van der Waals surface area contributed by atoms with Gasteiger partial charge in [0.05, 0.1) is 12.0 Å². The van der Waals surface area contributed by atoms with Crippen LogP contribution in [0.5, 0.6) is 0 Å². The lowest BCUT2D eigenvalue weighted by Crippen LogP contribution is -2.53. The van der Waals surface area contributed by atoms with Gasteiger partial charge in [0.2, 0.25) is 0 Å². The summed E-state index contributed by atoms with van der Waals surface area (Å²) >= 11 is 0. The summed E-state index contributed by atoms with van der Waals surface area (Å²) in [6.07, 6.45) is -0.810. The van der Waals surface area contributed by atoms with Crippen LogP contribution in [0.2, 0.25) is 0 Å². The smallest absolute Gasteiger partial charge is 0.420 e.